The minimum Gasteiger partial charge on any atom is -0.394 e. The molecule has 1 atom stereocenters. The lowest BCUT2D eigenvalue weighted by molar-refractivity contribution is -0.173. The lowest BCUT2D eigenvalue weighted by Gasteiger charge is -2.45. The first-order chi connectivity index (χ1) is 9.42. The second-order valence-electron chi connectivity index (χ2n) is 6.62. The van der Waals surface area contributed by atoms with Gasteiger partial charge in [0.25, 0.3) is 0 Å². The Morgan fingerprint density at radius 2 is 2.05 bits per heavy atom. The number of carbonyl (C=O) groups excluding carboxylic acids is 1. The van der Waals surface area contributed by atoms with Crippen LogP contribution in [0.3, 0.4) is 0 Å². The van der Waals surface area contributed by atoms with E-state index < -0.39 is 11.0 Å². The summed E-state index contributed by atoms with van der Waals surface area (Å²) < 4.78 is 5.73. The van der Waals surface area contributed by atoms with Gasteiger partial charge in [0, 0.05) is 13.1 Å². The molecule has 0 aromatic rings. The van der Waals surface area contributed by atoms with Gasteiger partial charge >= 0.3 is 0 Å². The summed E-state index contributed by atoms with van der Waals surface area (Å²) in [5.41, 5.74) is -1.34. The Bertz CT molecular complexity index is 408. The number of aliphatic hydroxyl groups is 1. The summed E-state index contributed by atoms with van der Waals surface area (Å²) in [6.07, 6.45) is 3.94. The molecule has 0 bridgehead atoms. The average molecular weight is 280 g/mol. The number of nitriles is 1. The zero-order valence-corrected chi connectivity index (χ0v) is 12.4. The van der Waals surface area contributed by atoms with Gasteiger partial charge < -0.3 is 14.7 Å². The molecule has 0 aromatic carbocycles. The van der Waals surface area contributed by atoms with Crippen LogP contribution in [0.2, 0.25) is 0 Å². The SMILES string of the molecule is CC1(C)CN(C(=O)C2(C#N)CCCCC2)CC(CO)O1. The number of aliphatic hydroxyl groups excluding tert-OH is 1. The van der Waals surface area contributed by atoms with Gasteiger partial charge in [-0.1, -0.05) is 19.3 Å². The van der Waals surface area contributed by atoms with Crippen LogP contribution in [0.5, 0.6) is 0 Å². The van der Waals surface area contributed by atoms with Gasteiger partial charge in [0.1, 0.15) is 5.41 Å². The molecule has 1 saturated carbocycles. The van der Waals surface area contributed by atoms with E-state index in [0.717, 1.165) is 19.3 Å². The van der Waals surface area contributed by atoms with Gasteiger partial charge in [-0.2, -0.15) is 5.26 Å². The Hall–Kier alpha value is -1.12. The van der Waals surface area contributed by atoms with Crippen LogP contribution in [0.15, 0.2) is 0 Å². The molecule has 1 aliphatic heterocycles. The van der Waals surface area contributed by atoms with Crippen LogP contribution >= 0.6 is 0 Å². The van der Waals surface area contributed by atoms with Crippen molar-refractivity contribution in [3.05, 3.63) is 0 Å². The highest BCUT2D eigenvalue weighted by molar-refractivity contribution is 5.85. The normalized spacial score (nSPS) is 28.7. The molecule has 5 heteroatoms. The van der Waals surface area contributed by atoms with Crippen molar-refractivity contribution in [2.45, 2.75) is 57.7 Å². The second-order valence-corrected chi connectivity index (χ2v) is 6.62. The lowest BCUT2D eigenvalue weighted by Crippen LogP contribution is -2.58. The van der Waals surface area contributed by atoms with E-state index >= 15 is 0 Å². The topological polar surface area (TPSA) is 73.6 Å². The zero-order chi connectivity index (χ0) is 14.8. The number of nitrogens with zero attached hydrogens (tertiary/aromatic N) is 2. The van der Waals surface area contributed by atoms with Gasteiger partial charge in [-0.25, -0.2) is 0 Å². The predicted octanol–water partition coefficient (Wildman–Crippen LogP) is 1.46. The van der Waals surface area contributed by atoms with Gasteiger partial charge in [0.05, 0.1) is 24.4 Å². The van der Waals surface area contributed by atoms with Crippen molar-refractivity contribution < 1.29 is 14.6 Å². The van der Waals surface area contributed by atoms with Crippen LogP contribution in [0.4, 0.5) is 0 Å². The highest BCUT2D eigenvalue weighted by atomic mass is 16.5. The van der Waals surface area contributed by atoms with E-state index in [9.17, 15) is 15.2 Å². The van der Waals surface area contributed by atoms with Gasteiger partial charge in [0.2, 0.25) is 5.91 Å². The standard InChI is InChI=1S/C15H24N2O3/c1-14(2)11-17(8-12(9-18)20-14)13(19)15(10-16)6-4-3-5-7-15/h12,18H,3-9,11H2,1-2H3. The Labute approximate surface area is 120 Å². The van der Waals surface area contributed by atoms with Crippen molar-refractivity contribution >= 4 is 5.91 Å². The molecule has 1 heterocycles. The molecule has 112 valence electrons. The first kappa shape index (κ1) is 15.3. The third kappa shape index (κ3) is 2.97. The largest absolute Gasteiger partial charge is 0.394 e. The van der Waals surface area contributed by atoms with E-state index in [2.05, 4.69) is 6.07 Å². The Kier molecular flexibility index (Phi) is 4.36. The molecular weight excluding hydrogens is 256 g/mol. The van der Waals surface area contributed by atoms with Gasteiger partial charge in [-0.05, 0) is 26.7 Å². The second kappa shape index (κ2) is 5.71. The fourth-order valence-electron chi connectivity index (χ4n) is 3.38. The van der Waals surface area contributed by atoms with Crippen LogP contribution in [0.25, 0.3) is 0 Å². The van der Waals surface area contributed by atoms with Crippen LogP contribution in [0, 0.1) is 16.7 Å². The van der Waals surface area contributed by atoms with E-state index in [4.69, 9.17) is 4.74 Å². The molecule has 0 radical (unpaired) electrons. The number of amides is 1. The van der Waals surface area contributed by atoms with Crippen molar-refractivity contribution in [3.8, 4) is 6.07 Å². The van der Waals surface area contributed by atoms with Gasteiger partial charge in [-0.3, -0.25) is 4.79 Å². The first-order valence-electron chi connectivity index (χ1n) is 7.42. The number of hydrogen-bond acceptors (Lipinski definition) is 4. The quantitative estimate of drug-likeness (QED) is 0.831. The molecule has 1 unspecified atom stereocenters. The molecular formula is C15H24N2O3. The summed E-state index contributed by atoms with van der Waals surface area (Å²) in [6.45, 7) is 4.57. The number of morpholine rings is 1. The summed E-state index contributed by atoms with van der Waals surface area (Å²) in [7, 11) is 0. The maximum absolute atomic E-state index is 12.8. The highest BCUT2D eigenvalue weighted by Crippen LogP contribution is 2.38. The summed E-state index contributed by atoms with van der Waals surface area (Å²) >= 11 is 0. The Morgan fingerprint density at radius 3 is 2.60 bits per heavy atom. The minimum absolute atomic E-state index is 0.0745. The molecule has 1 aliphatic carbocycles. The van der Waals surface area contributed by atoms with Crippen molar-refractivity contribution in [2.24, 2.45) is 5.41 Å². The van der Waals surface area contributed by atoms with E-state index in [0.29, 0.717) is 25.9 Å². The van der Waals surface area contributed by atoms with Crippen molar-refractivity contribution in [2.75, 3.05) is 19.7 Å². The summed E-state index contributed by atoms with van der Waals surface area (Å²) in [4.78, 5) is 14.5. The Morgan fingerprint density at radius 1 is 1.40 bits per heavy atom. The van der Waals surface area contributed by atoms with E-state index in [1.54, 1.807) is 4.90 Å². The number of hydrogen-bond donors (Lipinski definition) is 1. The molecule has 1 saturated heterocycles. The van der Waals surface area contributed by atoms with Crippen molar-refractivity contribution in [1.29, 1.82) is 5.26 Å². The molecule has 1 amide bonds. The Balaban J connectivity index is 2.16. The predicted molar refractivity (Wildman–Crippen MR) is 73.7 cm³/mol. The minimum atomic E-state index is -0.855. The molecule has 2 aliphatic rings. The molecule has 5 nitrogen and oxygen atoms in total. The zero-order valence-electron chi connectivity index (χ0n) is 12.4. The summed E-state index contributed by atoms with van der Waals surface area (Å²) in [6, 6.07) is 2.28. The third-order valence-corrected chi connectivity index (χ3v) is 4.30. The van der Waals surface area contributed by atoms with E-state index in [-0.39, 0.29) is 18.6 Å². The van der Waals surface area contributed by atoms with Crippen LogP contribution in [-0.2, 0) is 9.53 Å². The maximum Gasteiger partial charge on any atom is 0.243 e. The smallest absolute Gasteiger partial charge is 0.243 e. The molecule has 0 spiro atoms. The number of rotatable bonds is 2. The summed E-state index contributed by atoms with van der Waals surface area (Å²) in [5, 5.41) is 18.8. The summed E-state index contributed by atoms with van der Waals surface area (Å²) in [5.74, 6) is -0.0745. The third-order valence-electron chi connectivity index (χ3n) is 4.30. The maximum atomic E-state index is 12.8. The van der Waals surface area contributed by atoms with E-state index in [1.165, 1.54) is 0 Å². The molecule has 20 heavy (non-hydrogen) atoms. The molecule has 2 rings (SSSR count). The van der Waals surface area contributed by atoms with Crippen LogP contribution in [0.1, 0.15) is 46.0 Å². The molecule has 0 aromatic heterocycles. The molecule has 2 fully saturated rings. The first-order valence-corrected chi connectivity index (χ1v) is 7.42. The lowest BCUT2D eigenvalue weighted by atomic mass is 9.74. The fraction of sp³-hybridized carbons (Fsp3) is 0.867. The monoisotopic (exact) mass is 280 g/mol. The van der Waals surface area contributed by atoms with Crippen LogP contribution in [-0.4, -0.2) is 47.3 Å². The number of ether oxygens (including phenoxy) is 1. The fourth-order valence-corrected chi connectivity index (χ4v) is 3.38. The number of carbonyl (C=O) groups is 1. The van der Waals surface area contributed by atoms with Crippen LogP contribution < -0.4 is 0 Å². The molecule has 1 N–H and O–H groups in total. The van der Waals surface area contributed by atoms with Crippen molar-refractivity contribution in [1.82, 2.24) is 4.90 Å². The van der Waals surface area contributed by atoms with Gasteiger partial charge in [-0.15, -0.1) is 0 Å². The average Bonchev–Trinajstić information content (AvgIpc) is 2.45. The van der Waals surface area contributed by atoms with E-state index in [1.807, 2.05) is 13.8 Å². The van der Waals surface area contributed by atoms with Gasteiger partial charge in [0.15, 0.2) is 0 Å². The van der Waals surface area contributed by atoms with Crippen molar-refractivity contribution in [3.63, 3.8) is 0 Å². The highest BCUT2D eigenvalue weighted by Gasteiger charge is 2.46.